The van der Waals surface area contributed by atoms with Gasteiger partial charge in [-0.15, -0.1) is 0 Å². The zero-order valence-electron chi connectivity index (χ0n) is 16.9. The monoisotopic (exact) mass is 391 g/mol. The Morgan fingerprint density at radius 1 is 1.10 bits per heavy atom. The summed E-state index contributed by atoms with van der Waals surface area (Å²) in [5, 5.41) is 7.72. The summed E-state index contributed by atoms with van der Waals surface area (Å²) < 4.78 is 13.3. The average Bonchev–Trinajstić information content (AvgIpc) is 3.11. The van der Waals surface area contributed by atoms with Gasteiger partial charge in [-0.3, -0.25) is 4.79 Å². The van der Waals surface area contributed by atoms with Gasteiger partial charge in [-0.05, 0) is 17.7 Å². The highest BCUT2D eigenvalue weighted by Gasteiger charge is 2.29. The van der Waals surface area contributed by atoms with E-state index >= 15 is 0 Å². The summed E-state index contributed by atoms with van der Waals surface area (Å²) >= 11 is 0. The molecule has 0 spiro atoms. The van der Waals surface area contributed by atoms with Gasteiger partial charge in [0.2, 0.25) is 6.10 Å². The van der Waals surface area contributed by atoms with E-state index in [9.17, 15) is 4.79 Å². The normalized spacial score (nSPS) is 15.8. The van der Waals surface area contributed by atoms with E-state index in [2.05, 4.69) is 26.1 Å². The van der Waals surface area contributed by atoms with Crippen molar-refractivity contribution in [3.8, 4) is 11.5 Å². The molecule has 1 aromatic heterocycles. The van der Waals surface area contributed by atoms with Crippen LogP contribution in [-0.4, -0.2) is 28.4 Å². The number of hydrogen-bond donors (Lipinski definition) is 1. The minimum absolute atomic E-state index is 0.134. The third-order valence-corrected chi connectivity index (χ3v) is 4.78. The molecule has 1 aliphatic rings. The number of nitrogens with zero attached hydrogens (tertiary/aromatic N) is 2. The van der Waals surface area contributed by atoms with E-state index in [0.717, 1.165) is 11.3 Å². The summed E-state index contributed by atoms with van der Waals surface area (Å²) in [4.78, 5) is 12.9. The number of anilines is 1. The molecule has 0 fully saturated rings. The first kappa shape index (κ1) is 19.1. The van der Waals surface area contributed by atoms with Gasteiger partial charge in [0.25, 0.3) is 5.91 Å². The lowest BCUT2D eigenvalue weighted by Crippen LogP contribution is -2.40. The van der Waals surface area contributed by atoms with Crippen LogP contribution in [0.1, 0.15) is 32.0 Å². The fraction of sp³-hybridized carbons (Fsp3) is 0.304. The Balaban J connectivity index is 1.55. The Hall–Kier alpha value is -3.28. The van der Waals surface area contributed by atoms with E-state index in [4.69, 9.17) is 14.6 Å². The van der Waals surface area contributed by atoms with Gasteiger partial charge in [-0.1, -0.05) is 63.2 Å². The van der Waals surface area contributed by atoms with Crippen molar-refractivity contribution in [2.75, 3.05) is 11.9 Å². The van der Waals surface area contributed by atoms with Gasteiger partial charge >= 0.3 is 0 Å². The fourth-order valence-electron chi connectivity index (χ4n) is 3.12. The summed E-state index contributed by atoms with van der Waals surface area (Å²) in [5.74, 6) is 1.62. The molecule has 0 bridgehead atoms. The smallest absolute Gasteiger partial charge is 0.270 e. The standard InChI is InChI=1S/C23H25N3O3/c1-23(2,3)20-13-21(26(25-20)14-16-9-5-4-6-10-16)24-22(27)19-15-28-17-11-7-8-12-18(17)29-19/h4-13,19H,14-15H2,1-3H3,(H,24,27). The Bertz CT molecular complexity index is 1010. The second-order valence-electron chi connectivity index (χ2n) is 8.16. The summed E-state index contributed by atoms with van der Waals surface area (Å²) in [5.41, 5.74) is 1.89. The molecule has 4 rings (SSSR count). The highest BCUT2D eigenvalue weighted by Crippen LogP contribution is 2.31. The molecule has 0 radical (unpaired) electrons. The van der Waals surface area contributed by atoms with Crippen LogP contribution in [0.5, 0.6) is 11.5 Å². The maximum atomic E-state index is 12.9. The van der Waals surface area contributed by atoms with Crippen LogP contribution in [0.15, 0.2) is 60.7 Å². The van der Waals surface area contributed by atoms with Gasteiger partial charge in [0.15, 0.2) is 11.5 Å². The number of carbonyl (C=O) groups excluding carboxylic acids is 1. The van der Waals surface area contributed by atoms with Gasteiger partial charge in [0.05, 0.1) is 12.2 Å². The summed E-state index contributed by atoms with van der Waals surface area (Å²) in [6, 6.07) is 19.3. The zero-order chi connectivity index (χ0) is 20.4. The SMILES string of the molecule is CC(C)(C)c1cc(NC(=O)C2COc3ccccc3O2)n(Cc2ccccc2)n1. The molecule has 0 saturated heterocycles. The molecule has 29 heavy (non-hydrogen) atoms. The van der Waals surface area contributed by atoms with Crippen molar-refractivity contribution >= 4 is 11.7 Å². The number of aromatic nitrogens is 2. The van der Waals surface area contributed by atoms with Crippen molar-refractivity contribution in [2.24, 2.45) is 0 Å². The largest absolute Gasteiger partial charge is 0.485 e. The van der Waals surface area contributed by atoms with E-state index in [0.29, 0.717) is 23.9 Å². The van der Waals surface area contributed by atoms with Gasteiger partial charge in [-0.2, -0.15) is 5.10 Å². The van der Waals surface area contributed by atoms with E-state index in [1.165, 1.54) is 0 Å². The minimum atomic E-state index is -0.719. The first-order chi connectivity index (χ1) is 13.9. The van der Waals surface area contributed by atoms with Crippen molar-refractivity contribution in [3.05, 3.63) is 71.9 Å². The zero-order valence-corrected chi connectivity index (χ0v) is 16.9. The van der Waals surface area contributed by atoms with E-state index in [-0.39, 0.29) is 17.9 Å². The van der Waals surface area contributed by atoms with Crippen LogP contribution < -0.4 is 14.8 Å². The molecule has 150 valence electrons. The Kier molecular flexibility index (Phi) is 5.01. The maximum absolute atomic E-state index is 12.9. The molecular formula is C23H25N3O3. The van der Waals surface area contributed by atoms with Gasteiger partial charge in [0.1, 0.15) is 12.4 Å². The van der Waals surface area contributed by atoms with Crippen LogP contribution >= 0.6 is 0 Å². The second kappa shape index (κ2) is 7.62. The Labute approximate surface area is 170 Å². The molecule has 2 aromatic carbocycles. The predicted molar refractivity (Wildman–Crippen MR) is 111 cm³/mol. The van der Waals surface area contributed by atoms with Crippen LogP contribution in [-0.2, 0) is 16.8 Å². The molecule has 1 amide bonds. The number of fused-ring (bicyclic) bond motifs is 1. The lowest BCUT2D eigenvalue weighted by atomic mass is 9.92. The minimum Gasteiger partial charge on any atom is -0.485 e. The fourth-order valence-corrected chi connectivity index (χ4v) is 3.12. The predicted octanol–water partition coefficient (Wildman–Crippen LogP) is 4.01. The van der Waals surface area contributed by atoms with Crippen LogP contribution in [0.4, 0.5) is 5.82 Å². The summed E-state index contributed by atoms with van der Waals surface area (Å²) in [6.07, 6.45) is -0.719. The molecule has 0 saturated carbocycles. The number of nitrogens with one attached hydrogen (secondary N) is 1. The molecule has 0 aliphatic carbocycles. The third kappa shape index (κ3) is 4.26. The van der Waals surface area contributed by atoms with Crippen molar-refractivity contribution < 1.29 is 14.3 Å². The average molecular weight is 391 g/mol. The number of amides is 1. The van der Waals surface area contributed by atoms with Crippen LogP contribution in [0, 0.1) is 0 Å². The molecule has 2 heterocycles. The van der Waals surface area contributed by atoms with Crippen molar-refractivity contribution in [1.29, 1.82) is 0 Å². The third-order valence-electron chi connectivity index (χ3n) is 4.78. The van der Waals surface area contributed by atoms with Gasteiger partial charge in [-0.25, -0.2) is 4.68 Å². The number of ether oxygens (including phenoxy) is 2. The molecule has 6 heteroatoms. The molecule has 1 aliphatic heterocycles. The molecule has 1 unspecified atom stereocenters. The molecule has 1 atom stereocenters. The topological polar surface area (TPSA) is 65.4 Å². The van der Waals surface area contributed by atoms with Crippen LogP contribution in [0.3, 0.4) is 0 Å². The molecule has 6 nitrogen and oxygen atoms in total. The van der Waals surface area contributed by atoms with Crippen LogP contribution in [0.25, 0.3) is 0 Å². The first-order valence-electron chi connectivity index (χ1n) is 9.72. The molecule has 3 aromatic rings. The van der Waals surface area contributed by atoms with Crippen molar-refractivity contribution in [1.82, 2.24) is 9.78 Å². The summed E-state index contributed by atoms with van der Waals surface area (Å²) in [7, 11) is 0. The van der Waals surface area contributed by atoms with E-state index < -0.39 is 6.10 Å². The number of rotatable bonds is 4. The quantitative estimate of drug-likeness (QED) is 0.730. The van der Waals surface area contributed by atoms with Gasteiger partial charge in [0, 0.05) is 11.5 Å². The highest BCUT2D eigenvalue weighted by molar-refractivity contribution is 5.94. The van der Waals surface area contributed by atoms with Crippen molar-refractivity contribution in [2.45, 2.75) is 38.8 Å². The number of para-hydroxylation sites is 2. The number of benzene rings is 2. The molecule has 1 N–H and O–H groups in total. The Morgan fingerprint density at radius 2 is 1.79 bits per heavy atom. The number of carbonyl (C=O) groups is 1. The second-order valence-corrected chi connectivity index (χ2v) is 8.16. The summed E-state index contributed by atoms with van der Waals surface area (Å²) in [6.45, 7) is 7.04. The van der Waals surface area contributed by atoms with Crippen molar-refractivity contribution in [3.63, 3.8) is 0 Å². The lowest BCUT2D eigenvalue weighted by molar-refractivity contribution is -0.125. The maximum Gasteiger partial charge on any atom is 0.270 e. The van der Waals surface area contributed by atoms with Gasteiger partial charge < -0.3 is 14.8 Å². The number of hydrogen-bond acceptors (Lipinski definition) is 4. The molecular weight excluding hydrogens is 366 g/mol. The first-order valence-corrected chi connectivity index (χ1v) is 9.72. The van der Waals surface area contributed by atoms with Crippen LogP contribution in [0.2, 0.25) is 0 Å². The Morgan fingerprint density at radius 3 is 2.52 bits per heavy atom. The van der Waals surface area contributed by atoms with E-state index in [1.807, 2.05) is 59.3 Å². The highest BCUT2D eigenvalue weighted by atomic mass is 16.6. The van der Waals surface area contributed by atoms with E-state index in [1.54, 1.807) is 6.07 Å². The lowest BCUT2D eigenvalue weighted by Gasteiger charge is -2.25.